The maximum atomic E-state index is 4.30. The Labute approximate surface area is 414 Å². The third-order valence-electron chi connectivity index (χ3n) is 8.61. The predicted octanol–water partition coefficient (Wildman–Crippen LogP) is 10.1. The molecular weight excluding hydrogens is 1010 g/mol. The molecule has 11 heterocycles. The summed E-state index contributed by atoms with van der Waals surface area (Å²) in [5.41, 5.74) is 8.74. The van der Waals surface area contributed by atoms with Gasteiger partial charge in [0.15, 0.2) is 0 Å². The van der Waals surface area contributed by atoms with E-state index in [0.29, 0.717) is 23.0 Å². The molecule has 0 aliphatic heterocycles. The minimum Gasteiger partial charge on any atom is -0.415 e. The fraction of sp³-hybridized carbons (Fsp3) is 0. The number of hydrogen-bond acceptors (Lipinski definition) is 12. The molecule has 0 atom stereocenters. The van der Waals surface area contributed by atoms with E-state index in [2.05, 4.69) is 65.0 Å². The van der Waals surface area contributed by atoms with E-state index in [4.69, 9.17) is 0 Å². The monoisotopic (exact) mass is 1050 g/mol. The molecule has 0 unspecified atom stereocenters. The summed E-state index contributed by atoms with van der Waals surface area (Å²) in [6, 6.07) is 57.5. The summed E-state index contributed by atoms with van der Waals surface area (Å²) < 4.78 is 0. The zero-order valence-corrected chi connectivity index (χ0v) is 39.1. The van der Waals surface area contributed by atoms with Gasteiger partial charge in [-0.2, -0.15) is 0 Å². The van der Waals surface area contributed by atoms with Crippen molar-refractivity contribution < 1.29 is 39.0 Å². The molecule has 0 bridgehead atoms. The summed E-state index contributed by atoms with van der Waals surface area (Å²) in [6.45, 7) is 0. The Kier molecular flexibility index (Phi) is 21.3. The molecule has 11 rings (SSSR count). The van der Waals surface area contributed by atoms with Crippen molar-refractivity contribution in [2.24, 2.45) is 0 Å². The van der Waals surface area contributed by atoms with E-state index in [9.17, 15) is 0 Å². The summed E-state index contributed by atoms with van der Waals surface area (Å²) >= 11 is 0. The van der Waals surface area contributed by atoms with Crippen LogP contribution >= 0.6 is 0 Å². The second-order valence-electron chi connectivity index (χ2n) is 13.1. The molecule has 0 saturated carbocycles. The number of hydrogen-bond donors (Lipinski definition) is 0. The number of aromatic nitrogens is 13. The van der Waals surface area contributed by atoms with E-state index in [1.807, 2.05) is 182 Å². The van der Waals surface area contributed by atoms with Crippen molar-refractivity contribution in [3.63, 3.8) is 0 Å². The van der Waals surface area contributed by atoms with E-state index < -0.39 is 0 Å². The van der Waals surface area contributed by atoms with Crippen molar-refractivity contribution in [1.82, 2.24) is 65.0 Å². The van der Waals surface area contributed by atoms with Crippen LogP contribution in [0.3, 0.4) is 0 Å². The van der Waals surface area contributed by atoms with Gasteiger partial charge in [-0.15, -0.1) is 0 Å². The molecule has 0 amide bonds. The van der Waals surface area contributed by atoms with Gasteiger partial charge in [-0.3, -0.25) is 54.9 Å². The first kappa shape index (κ1) is 49.9. The molecule has 326 valence electrons. The van der Waals surface area contributed by atoms with Crippen molar-refractivity contribution in [2.45, 2.75) is 0 Å². The molecule has 11 aromatic rings. The summed E-state index contributed by atoms with van der Waals surface area (Å²) in [4.78, 5) is 46.1. The molecule has 0 fully saturated rings. The van der Waals surface area contributed by atoms with Crippen LogP contribution in [-0.2, 0) is 39.0 Å². The van der Waals surface area contributed by atoms with Gasteiger partial charge < -0.3 is 10.1 Å². The van der Waals surface area contributed by atoms with E-state index >= 15 is 0 Å². The second-order valence-corrected chi connectivity index (χ2v) is 13.1. The Morgan fingerprint density at radius 1 is 0.224 bits per heavy atom. The van der Waals surface area contributed by atoms with E-state index in [1.54, 1.807) is 62.0 Å². The first-order valence-electron chi connectivity index (χ1n) is 20.3. The van der Waals surface area contributed by atoms with E-state index in [0.717, 1.165) is 45.6 Å². The molecule has 13 nitrogen and oxygen atoms in total. The first-order chi connectivity index (χ1) is 32.3. The summed E-state index contributed by atoms with van der Waals surface area (Å²) in [6.07, 6.45) is 17.5. The summed E-state index contributed by atoms with van der Waals surface area (Å²) in [5.74, 6) is 1.04. The van der Waals surface area contributed by atoms with Crippen molar-refractivity contribution in [1.29, 1.82) is 0 Å². The third-order valence-corrected chi connectivity index (χ3v) is 8.61. The van der Waals surface area contributed by atoms with E-state index in [1.165, 1.54) is 0 Å². The smallest absolute Gasteiger partial charge is 0.415 e. The van der Waals surface area contributed by atoms with Crippen LogP contribution in [-0.4, -0.2) is 59.9 Å². The zero-order chi connectivity index (χ0) is 44.4. The van der Waals surface area contributed by atoms with Gasteiger partial charge in [0.25, 0.3) is 0 Å². The molecule has 0 spiro atoms. The van der Waals surface area contributed by atoms with Gasteiger partial charge in [0.2, 0.25) is 0 Å². The zero-order valence-electron chi connectivity index (χ0n) is 35.6. The van der Waals surface area contributed by atoms with Crippen LogP contribution in [0.4, 0.5) is 0 Å². The van der Waals surface area contributed by atoms with Gasteiger partial charge in [-0.05, 0) is 127 Å². The minimum atomic E-state index is 0. The van der Waals surface area contributed by atoms with Gasteiger partial charge in [0.1, 0.15) is 0 Å². The Morgan fingerprint density at radius 3 is 0.612 bits per heavy atom. The van der Waals surface area contributed by atoms with Gasteiger partial charge in [0, 0.05) is 62.0 Å². The second kappa shape index (κ2) is 28.6. The Balaban J connectivity index is 0.000000157. The van der Waals surface area contributed by atoms with Gasteiger partial charge in [-0.1, -0.05) is 60.7 Å². The number of nitrogens with zero attached hydrogens (tertiary/aromatic N) is 13. The SMILES string of the molecule is [Ru+2].[Ru+2].c1ccc(-c2ccccn2)nc1.c1ccc(-c2ccccn2)nc1.c1ccc(-c2ccccn2)nc1.c1ccc(-c2ccccn2)nc1.c1ccc(-c2n[n-]c(-c3ccccn3)n2)nc1. The van der Waals surface area contributed by atoms with Crippen LogP contribution in [0.2, 0.25) is 0 Å². The summed E-state index contributed by atoms with van der Waals surface area (Å²) in [5, 5.41) is 8.00. The predicted molar refractivity (Wildman–Crippen MR) is 252 cm³/mol. The van der Waals surface area contributed by atoms with Gasteiger partial charge in [-0.25, -0.2) is 0 Å². The maximum absolute atomic E-state index is 4.30. The summed E-state index contributed by atoms with van der Waals surface area (Å²) in [7, 11) is 0. The largest absolute Gasteiger partial charge is 2.00 e. The molecule has 0 N–H and O–H groups in total. The molecule has 0 saturated heterocycles. The van der Waals surface area contributed by atoms with E-state index in [-0.39, 0.29) is 39.0 Å². The van der Waals surface area contributed by atoms with Crippen LogP contribution in [0.1, 0.15) is 0 Å². The van der Waals surface area contributed by atoms with Crippen molar-refractivity contribution >= 4 is 0 Å². The fourth-order valence-electron chi connectivity index (χ4n) is 5.56. The average molecular weight is 1050 g/mol. The first-order valence-corrected chi connectivity index (χ1v) is 20.3. The Hall–Kier alpha value is -8.11. The molecule has 15 heteroatoms. The maximum Gasteiger partial charge on any atom is 2.00 e. The number of pyridine rings is 10. The minimum absolute atomic E-state index is 0. The van der Waals surface area contributed by atoms with Crippen molar-refractivity contribution in [2.75, 3.05) is 0 Å². The molecule has 0 aliphatic rings. The fourth-order valence-corrected chi connectivity index (χ4v) is 5.56. The molecule has 67 heavy (non-hydrogen) atoms. The van der Waals surface area contributed by atoms with Crippen molar-refractivity contribution in [3.8, 4) is 68.6 Å². The normalized spacial score (nSPS) is 9.55. The van der Waals surface area contributed by atoms with Gasteiger partial charge in [0.05, 0.1) is 62.8 Å². The average Bonchev–Trinajstić information content (AvgIpc) is 3.93. The van der Waals surface area contributed by atoms with Gasteiger partial charge >= 0.3 is 39.0 Å². The van der Waals surface area contributed by atoms with Crippen LogP contribution in [0.5, 0.6) is 0 Å². The molecule has 0 aromatic carbocycles. The molecular formula is C52H40N13Ru2+3. The quantitative estimate of drug-likeness (QED) is 0.144. The van der Waals surface area contributed by atoms with Crippen LogP contribution in [0.15, 0.2) is 244 Å². The van der Waals surface area contributed by atoms with Crippen LogP contribution in [0, 0.1) is 0 Å². The molecule has 0 aliphatic carbocycles. The van der Waals surface area contributed by atoms with Crippen LogP contribution in [0.25, 0.3) is 68.6 Å². The number of rotatable bonds is 6. The Bertz CT molecular complexity index is 2430. The Morgan fingerprint density at radius 2 is 0.418 bits per heavy atom. The standard InChI is InChI=1S/C12H8N5.4C10H8N2.2Ru/c1-3-7-13-9(5-1)11-15-12(17-16-11)10-6-2-4-8-14-10;4*1-3-7-11-9(5-1)10-6-2-4-8-12-10;;/h1-8H;4*1-8H;;/q-1;;;;;2*+2. The van der Waals surface area contributed by atoms with Crippen molar-refractivity contribution in [3.05, 3.63) is 244 Å². The topological polar surface area (TPSA) is 169 Å². The van der Waals surface area contributed by atoms with Crippen LogP contribution < -0.4 is 5.10 Å². The molecule has 0 radical (unpaired) electrons. The molecule has 11 aromatic heterocycles. The third kappa shape index (κ3) is 16.4.